The van der Waals surface area contributed by atoms with Crippen LogP contribution in [0.3, 0.4) is 0 Å². The van der Waals surface area contributed by atoms with Crippen molar-refractivity contribution >= 4 is 27.7 Å². The van der Waals surface area contributed by atoms with Gasteiger partial charge in [0, 0.05) is 32.4 Å². The highest BCUT2D eigenvalue weighted by Crippen LogP contribution is 2.34. The summed E-state index contributed by atoms with van der Waals surface area (Å²) in [6, 6.07) is 12.3. The molecule has 2 N–H and O–H groups in total. The minimum Gasteiger partial charge on any atom is -0.368 e. The standard InChI is InChI=1S/C18H22N4O3S2/c1-21-9-11-22(12-10-21)27(24,25)15-7-8-16(20-13-15)26-17(18(19)23)14-5-3-2-4-6-14/h2-8,13,17H,9-12H2,1H3,(H2,19,23). The van der Waals surface area contributed by atoms with E-state index in [2.05, 4.69) is 9.88 Å². The fraction of sp³-hybridized carbons (Fsp3) is 0.333. The van der Waals surface area contributed by atoms with Crippen molar-refractivity contribution in [3.05, 3.63) is 54.2 Å². The second kappa shape index (κ2) is 8.39. The number of rotatable bonds is 6. The number of aromatic nitrogens is 1. The van der Waals surface area contributed by atoms with Gasteiger partial charge in [0.25, 0.3) is 0 Å². The summed E-state index contributed by atoms with van der Waals surface area (Å²) in [5.41, 5.74) is 6.31. The van der Waals surface area contributed by atoms with Crippen molar-refractivity contribution in [3.8, 4) is 0 Å². The molecule has 1 atom stereocenters. The minimum absolute atomic E-state index is 0.159. The molecule has 1 aliphatic heterocycles. The van der Waals surface area contributed by atoms with Crippen LogP contribution >= 0.6 is 11.8 Å². The van der Waals surface area contributed by atoms with E-state index in [1.165, 1.54) is 28.3 Å². The smallest absolute Gasteiger partial charge is 0.244 e. The van der Waals surface area contributed by atoms with Crippen LogP contribution in [0.25, 0.3) is 0 Å². The Morgan fingerprint density at radius 2 is 1.78 bits per heavy atom. The first kappa shape index (κ1) is 19.8. The zero-order chi connectivity index (χ0) is 19.4. The average Bonchev–Trinajstić information content (AvgIpc) is 2.67. The maximum atomic E-state index is 12.7. The van der Waals surface area contributed by atoms with Gasteiger partial charge >= 0.3 is 0 Å². The van der Waals surface area contributed by atoms with E-state index in [9.17, 15) is 13.2 Å². The third-order valence-corrected chi connectivity index (χ3v) is 7.51. The van der Waals surface area contributed by atoms with E-state index in [0.717, 1.165) is 5.56 Å². The van der Waals surface area contributed by atoms with E-state index in [-0.39, 0.29) is 4.90 Å². The number of sulfonamides is 1. The first-order valence-corrected chi connectivity index (χ1v) is 10.9. The van der Waals surface area contributed by atoms with E-state index < -0.39 is 21.2 Å². The second-order valence-corrected chi connectivity index (χ2v) is 9.41. The molecule has 1 saturated heterocycles. The van der Waals surface area contributed by atoms with Crippen LogP contribution in [0, 0.1) is 0 Å². The van der Waals surface area contributed by atoms with Crippen LogP contribution in [0.15, 0.2) is 58.6 Å². The first-order chi connectivity index (χ1) is 12.9. The van der Waals surface area contributed by atoms with E-state index >= 15 is 0 Å². The number of pyridine rings is 1. The van der Waals surface area contributed by atoms with Gasteiger partial charge in [-0.25, -0.2) is 13.4 Å². The van der Waals surface area contributed by atoms with Crippen molar-refractivity contribution < 1.29 is 13.2 Å². The fourth-order valence-corrected chi connectivity index (χ4v) is 5.08. The predicted molar refractivity (Wildman–Crippen MR) is 105 cm³/mol. The lowest BCUT2D eigenvalue weighted by Crippen LogP contribution is -2.47. The van der Waals surface area contributed by atoms with Crippen LogP contribution in [-0.2, 0) is 14.8 Å². The third-order valence-electron chi connectivity index (χ3n) is 4.41. The lowest BCUT2D eigenvalue weighted by molar-refractivity contribution is -0.117. The molecule has 1 fully saturated rings. The molecular formula is C18H22N4O3S2. The number of thioether (sulfide) groups is 1. The number of likely N-dealkylation sites (N-methyl/N-ethyl adjacent to an activating group) is 1. The molecule has 1 aromatic heterocycles. The summed E-state index contributed by atoms with van der Waals surface area (Å²) in [4.78, 5) is 18.3. The molecule has 2 aromatic rings. The molecule has 1 unspecified atom stereocenters. The van der Waals surface area contributed by atoms with Crippen LogP contribution in [0.5, 0.6) is 0 Å². The van der Waals surface area contributed by atoms with Crippen molar-refractivity contribution in [2.45, 2.75) is 15.2 Å². The van der Waals surface area contributed by atoms with Crippen molar-refractivity contribution in [2.75, 3.05) is 33.2 Å². The Bertz CT molecular complexity index is 881. The predicted octanol–water partition coefficient (Wildman–Crippen LogP) is 1.34. The normalized spacial score (nSPS) is 17.5. The van der Waals surface area contributed by atoms with Gasteiger partial charge in [-0.2, -0.15) is 4.31 Å². The summed E-state index contributed by atoms with van der Waals surface area (Å²) in [6.07, 6.45) is 1.35. The van der Waals surface area contributed by atoms with Crippen LogP contribution in [0.2, 0.25) is 0 Å². The van der Waals surface area contributed by atoms with Crippen LogP contribution in [-0.4, -0.2) is 61.7 Å². The van der Waals surface area contributed by atoms with E-state index in [0.29, 0.717) is 31.2 Å². The van der Waals surface area contributed by atoms with Gasteiger partial charge in [0.2, 0.25) is 15.9 Å². The molecule has 1 aliphatic rings. The Kier molecular flexibility index (Phi) is 6.15. The number of amides is 1. The molecule has 0 saturated carbocycles. The topological polar surface area (TPSA) is 96.6 Å². The van der Waals surface area contributed by atoms with E-state index in [1.54, 1.807) is 6.07 Å². The molecule has 7 nitrogen and oxygen atoms in total. The van der Waals surface area contributed by atoms with Gasteiger partial charge in [0.1, 0.15) is 10.1 Å². The summed E-state index contributed by atoms with van der Waals surface area (Å²) in [5, 5.41) is -0.0428. The van der Waals surface area contributed by atoms with E-state index in [1.807, 2.05) is 37.4 Å². The van der Waals surface area contributed by atoms with Gasteiger partial charge in [-0.05, 0) is 24.7 Å². The molecule has 0 spiro atoms. The highest BCUT2D eigenvalue weighted by atomic mass is 32.2. The number of nitrogens with two attached hydrogens (primary N) is 1. The van der Waals surface area contributed by atoms with Gasteiger partial charge in [0.15, 0.2) is 0 Å². The summed E-state index contributed by atoms with van der Waals surface area (Å²) in [7, 11) is -1.58. The largest absolute Gasteiger partial charge is 0.368 e. The number of hydrogen-bond donors (Lipinski definition) is 1. The molecule has 2 heterocycles. The minimum atomic E-state index is -3.56. The van der Waals surface area contributed by atoms with Crippen molar-refractivity contribution in [2.24, 2.45) is 5.73 Å². The second-order valence-electron chi connectivity index (χ2n) is 6.35. The zero-order valence-electron chi connectivity index (χ0n) is 15.0. The Hall–Kier alpha value is -1.94. The Morgan fingerprint density at radius 3 is 2.33 bits per heavy atom. The molecule has 9 heteroatoms. The molecule has 3 rings (SSSR count). The summed E-state index contributed by atoms with van der Waals surface area (Å²) in [5.74, 6) is -0.470. The quantitative estimate of drug-likeness (QED) is 0.727. The number of hydrogen-bond acceptors (Lipinski definition) is 6. The summed E-state index contributed by atoms with van der Waals surface area (Å²) >= 11 is 1.20. The fourth-order valence-electron chi connectivity index (χ4n) is 2.81. The molecule has 0 aliphatic carbocycles. The molecular weight excluding hydrogens is 384 g/mol. The van der Waals surface area contributed by atoms with Gasteiger partial charge < -0.3 is 10.6 Å². The lowest BCUT2D eigenvalue weighted by Gasteiger charge is -2.31. The first-order valence-electron chi connectivity index (χ1n) is 8.53. The molecule has 0 bridgehead atoms. The Labute approximate surface area is 163 Å². The highest BCUT2D eigenvalue weighted by Gasteiger charge is 2.28. The summed E-state index contributed by atoms with van der Waals surface area (Å²) in [6.45, 7) is 2.34. The molecule has 0 radical (unpaired) electrons. The molecule has 1 amide bonds. The number of primary amides is 1. The van der Waals surface area contributed by atoms with Gasteiger partial charge in [-0.1, -0.05) is 42.1 Å². The highest BCUT2D eigenvalue weighted by molar-refractivity contribution is 8.00. The van der Waals surface area contributed by atoms with Crippen LogP contribution in [0.4, 0.5) is 0 Å². The van der Waals surface area contributed by atoms with Crippen molar-refractivity contribution in [1.82, 2.24) is 14.2 Å². The number of carbonyl (C=O) groups is 1. The monoisotopic (exact) mass is 406 g/mol. The summed E-state index contributed by atoms with van der Waals surface area (Å²) < 4.78 is 27.0. The maximum absolute atomic E-state index is 12.7. The van der Waals surface area contributed by atoms with Crippen molar-refractivity contribution in [3.63, 3.8) is 0 Å². The maximum Gasteiger partial charge on any atom is 0.244 e. The number of piperazine rings is 1. The number of nitrogens with zero attached hydrogens (tertiary/aromatic N) is 3. The van der Waals surface area contributed by atoms with Gasteiger partial charge in [-0.3, -0.25) is 4.79 Å². The van der Waals surface area contributed by atoms with Crippen molar-refractivity contribution in [1.29, 1.82) is 0 Å². The molecule has 27 heavy (non-hydrogen) atoms. The van der Waals surface area contributed by atoms with Gasteiger partial charge in [0.05, 0.1) is 5.03 Å². The molecule has 144 valence electrons. The Morgan fingerprint density at radius 1 is 1.11 bits per heavy atom. The van der Waals surface area contributed by atoms with E-state index in [4.69, 9.17) is 5.73 Å². The lowest BCUT2D eigenvalue weighted by atomic mass is 10.1. The number of carbonyl (C=O) groups excluding carboxylic acids is 1. The SMILES string of the molecule is CN1CCN(S(=O)(=O)c2ccc(SC(C(N)=O)c3ccccc3)nc2)CC1. The molecule has 1 aromatic carbocycles. The van der Waals surface area contributed by atoms with Crippen LogP contribution < -0.4 is 5.73 Å². The van der Waals surface area contributed by atoms with Gasteiger partial charge in [-0.15, -0.1) is 0 Å². The zero-order valence-corrected chi connectivity index (χ0v) is 16.6. The third kappa shape index (κ3) is 4.67. The average molecular weight is 407 g/mol. The van der Waals surface area contributed by atoms with Crippen LogP contribution in [0.1, 0.15) is 10.8 Å². The Balaban J connectivity index is 1.75. The number of benzene rings is 1.